The Hall–Kier alpha value is -2.29. The maximum atomic E-state index is 13.0. The molecule has 0 saturated carbocycles. The Kier molecular flexibility index (Phi) is 4.27. The molecular formula is C21H26N4O4. The molecule has 4 aliphatic rings. The lowest BCUT2D eigenvalue weighted by Gasteiger charge is -2.49. The molecule has 0 bridgehead atoms. The fourth-order valence-corrected chi connectivity index (χ4v) is 5.29. The molecule has 1 N–H and O–H groups in total. The number of benzene rings is 1. The van der Waals surface area contributed by atoms with Crippen molar-refractivity contribution in [2.24, 2.45) is 0 Å². The van der Waals surface area contributed by atoms with Gasteiger partial charge in [0.1, 0.15) is 11.6 Å². The lowest BCUT2D eigenvalue weighted by Crippen LogP contribution is -2.65. The number of carbonyl (C=O) groups excluding carboxylic acids is 3. The van der Waals surface area contributed by atoms with Crippen molar-refractivity contribution in [3.8, 4) is 0 Å². The summed E-state index contributed by atoms with van der Waals surface area (Å²) in [5.74, 6) is -0.734. The van der Waals surface area contributed by atoms with Crippen molar-refractivity contribution in [1.29, 1.82) is 0 Å². The molecule has 8 heteroatoms. The minimum Gasteiger partial charge on any atom is -0.374 e. The predicted molar refractivity (Wildman–Crippen MR) is 104 cm³/mol. The highest BCUT2D eigenvalue weighted by molar-refractivity contribution is 6.05. The number of likely N-dealkylation sites (N-methyl/N-ethyl adjacent to an activating group) is 1. The molecular weight excluding hydrogens is 372 g/mol. The average Bonchev–Trinajstić information content (AvgIpc) is 3.18. The zero-order valence-electron chi connectivity index (χ0n) is 16.9. The Bertz CT molecular complexity index is 908. The smallest absolute Gasteiger partial charge is 0.255 e. The highest BCUT2D eigenvalue weighted by Gasteiger charge is 2.44. The van der Waals surface area contributed by atoms with Crippen LogP contribution in [0.1, 0.15) is 39.9 Å². The monoisotopic (exact) mass is 398 g/mol. The van der Waals surface area contributed by atoms with Crippen molar-refractivity contribution >= 4 is 17.7 Å². The van der Waals surface area contributed by atoms with E-state index < -0.39 is 6.04 Å². The van der Waals surface area contributed by atoms with Crippen molar-refractivity contribution in [2.75, 3.05) is 33.8 Å². The molecule has 1 aromatic rings. The standard InChI is InChI=1S/C21H26N4O4/c1-23-10-21(11-23,29-2)12-24-7-13-5-15-9-25(17-3-4-18(26)22-19(17)27)20(28)16(15)6-14(13)8-24/h5-6,17H,3-4,7-12H2,1-2H3,(H,22,26,27). The molecule has 0 spiro atoms. The number of carbonyl (C=O) groups is 3. The second-order valence-corrected chi connectivity index (χ2v) is 8.88. The summed E-state index contributed by atoms with van der Waals surface area (Å²) in [6, 6.07) is 3.57. The molecule has 0 aromatic heterocycles. The van der Waals surface area contributed by atoms with Gasteiger partial charge < -0.3 is 14.5 Å². The summed E-state index contributed by atoms with van der Waals surface area (Å²) in [5, 5.41) is 2.35. The normalized spacial score (nSPS) is 26.3. The first-order valence-corrected chi connectivity index (χ1v) is 10.1. The molecule has 5 rings (SSSR count). The molecule has 154 valence electrons. The van der Waals surface area contributed by atoms with Crippen LogP contribution in [0.5, 0.6) is 0 Å². The van der Waals surface area contributed by atoms with Crippen LogP contribution in [0.2, 0.25) is 0 Å². The molecule has 1 unspecified atom stereocenters. The van der Waals surface area contributed by atoms with Crippen molar-refractivity contribution in [2.45, 2.75) is 44.1 Å². The summed E-state index contributed by atoms with van der Waals surface area (Å²) >= 11 is 0. The van der Waals surface area contributed by atoms with Crippen LogP contribution >= 0.6 is 0 Å². The van der Waals surface area contributed by atoms with Gasteiger partial charge in [-0.3, -0.25) is 24.6 Å². The van der Waals surface area contributed by atoms with E-state index in [0.717, 1.165) is 38.3 Å². The van der Waals surface area contributed by atoms with E-state index in [4.69, 9.17) is 4.74 Å². The first-order chi connectivity index (χ1) is 13.9. The zero-order chi connectivity index (χ0) is 20.3. The lowest BCUT2D eigenvalue weighted by molar-refractivity contribution is -0.136. The maximum Gasteiger partial charge on any atom is 0.255 e. The van der Waals surface area contributed by atoms with E-state index in [2.05, 4.69) is 28.2 Å². The number of ether oxygens (including phenoxy) is 1. The van der Waals surface area contributed by atoms with Crippen LogP contribution in [0.15, 0.2) is 12.1 Å². The number of nitrogens with zero attached hydrogens (tertiary/aromatic N) is 3. The molecule has 3 amide bonds. The maximum absolute atomic E-state index is 13.0. The molecule has 0 radical (unpaired) electrons. The number of piperidine rings is 1. The van der Waals surface area contributed by atoms with Gasteiger partial charge in [-0.15, -0.1) is 0 Å². The Morgan fingerprint density at radius 3 is 2.48 bits per heavy atom. The van der Waals surface area contributed by atoms with E-state index in [1.165, 1.54) is 11.1 Å². The number of imide groups is 1. The molecule has 2 saturated heterocycles. The molecule has 29 heavy (non-hydrogen) atoms. The minimum atomic E-state index is -0.559. The fraction of sp³-hybridized carbons (Fsp3) is 0.571. The van der Waals surface area contributed by atoms with Crippen LogP contribution in [0.3, 0.4) is 0 Å². The molecule has 0 aliphatic carbocycles. The number of hydrogen-bond acceptors (Lipinski definition) is 6. The van der Waals surface area contributed by atoms with Crippen LogP contribution in [0, 0.1) is 0 Å². The third-order valence-corrected chi connectivity index (χ3v) is 6.69. The number of likely N-dealkylation sites (tertiary alicyclic amines) is 1. The number of fused-ring (bicyclic) bond motifs is 2. The second kappa shape index (κ2) is 6.62. The lowest BCUT2D eigenvalue weighted by atomic mass is 9.94. The zero-order valence-corrected chi connectivity index (χ0v) is 16.9. The first-order valence-electron chi connectivity index (χ1n) is 10.1. The van der Waals surface area contributed by atoms with E-state index in [1.54, 1.807) is 12.0 Å². The van der Waals surface area contributed by atoms with Gasteiger partial charge in [-0.05, 0) is 36.2 Å². The van der Waals surface area contributed by atoms with Crippen molar-refractivity contribution < 1.29 is 19.1 Å². The largest absolute Gasteiger partial charge is 0.374 e. The van der Waals surface area contributed by atoms with Gasteiger partial charge in [0, 0.05) is 58.4 Å². The van der Waals surface area contributed by atoms with Gasteiger partial charge in [-0.2, -0.15) is 0 Å². The van der Waals surface area contributed by atoms with Gasteiger partial charge >= 0.3 is 0 Å². The fourth-order valence-electron chi connectivity index (χ4n) is 5.29. The molecule has 4 aliphatic heterocycles. The van der Waals surface area contributed by atoms with Crippen LogP contribution in [0.4, 0.5) is 0 Å². The summed E-state index contributed by atoms with van der Waals surface area (Å²) in [6.45, 7) is 4.84. The SMILES string of the molecule is COC1(CN2Cc3cc4c(cc3C2)C(=O)N(C2CCC(=O)NC2=O)C4)CN(C)C1. The second-order valence-electron chi connectivity index (χ2n) is 8.88. The Morgan fingerprint density at radius 2 is 1.83 bits per heavy atom. The third kappa shape index (κ3) is 3.06. The van der Waals surface area contributed by atoms with E-state index in [-0.39, 0.29) is 29.7 Å². The first kappa shape index (κ1) is 18.7. The summed E-state index contributed by atoms with van der Waals surface area (Å²) in [6.07, 6.45) is 0.671. The molecule has 8 nitrogen and oxygen atoms in total. The van der Waals surface area contributed by atoms with E-state index in [9.17, 15) is 14.4 Å². The quantitative estimate of drug-likeness (QED) is 0.725. The average molecular weight is 398 g/mol. The van der Waals surface area contributed by atoms with Crippen LogP contribution in [-0.4, -0.2) is 77.9 Å². The van der Waals surface area contributed by atoms with Gasteiger partial charge in [0.05, 0.1) is 0 Å². The van der Waals surface area contributed by atoms with Crippen molar-refractivity contribution in [1.82, 2.24) is 20.0 Å². The highest BCUT2D eigenvalue weighted by atomic mass is 16.5. The topological polar surface area (TPSA) is 82.2 Å². The summed E-state index contributed by atoms with van der Waals surface area (Å²) in [7, 11) is 3.88. The molecule has 1 aromatic carbocycles. The Labute approximate surface area is 169 Å². The number of rotatable bonds is 4. The highest BCUT2D eigenvalue weighted by Crippen LogP contribution is 2.35. The summed E-state index contributed by atoms with van der Waals surface area (Å²) in [5.41, 5.74) is 4.00. The summed E-state index contributed by atoms with van der Waals surface area (Å²) < 4.78 is 5.79. The van der Waals surface area contributed by atoms with Gasteiger partial charge in [0.2, 0.25) is 11.8 Å². The number of methoxy groups -OCH3 is 1. The minimum absolute atomic E-state index is 0.0993. The van der Waals surface area contributed by atoms with Crippen molar-refractivity contribution in [3.05, 3.63) is 34.4 Å². The van der Waals surface area contributed by atoms with Gasteiger partial charge in [-0.1, -0.05) is 6.07 Å². The summed E-state index contributed by atoms with van der Waals surface area (Å²) in [4.78, 5) is 42.9. The predicted octanol–water partition coefficient (Wildman–Crippen LogP) is 0.0938. The Balaban J connectivity index is 1.31. The van der Waals surface area contributed by atoms with Gasteiger partial charge in [0.15, 0.2) is 0 Å². The van der Waals surface area contributed by atoms with Gasteiger partial charge in [-0.25, -0.2) is 0 Å². The number of nitrogens with one attached hydrogen (secondary N) is 1. The number of amides is 3. The van der Waals surface area contributed by atoms with E-state index in [1.807, 2.05) is 6.07 Å². The number of hydrogen-bond donors (Lipinski definition) is 1. The van der Waals surface area contributed by atoms with E-state index in [0.29, 0.717) is 18.5 Å². The molecule has 4 heterocycles. The van der Waals surface area contributed by atoms with Crippen LogP contribution in [-0.2, 0) is 34.0 Å². The van der Waals surface area contributed by atoms with Crippen LogP contribution < -0.4 is 5.32 Å². The van der Waals surface area contributed by atoms with Gasteiger partial charge in [0.25, 0.3) is 5.91 Å². The van der Waals surface area contributed by atoms with Crippen LogP contribution in [0.25, 0.3) is 0 Å². The third-order valence-electron chi connectivity index (χ3n) is 6.69. The Morgan fingerprint density at radius 1 is 1.10 bits per heavy atom. The molecule has 1 atom stereocenters. The molecule has 2 fully saturated rings. The van der Waals surface area contributed by atoms with Crippen molar-refractivity contribution in [3.63, 3.8) is 0 Å². The van der Waals surface area contributed by atoms with E-state index >= 15 is 0 Å².